The molecule has 74 valence electrons. The molecular weight excluding hydrogens is 172 g/mol. The first-order valence-corrected chi connectivity index (χ1v) is 4.51. The largest absolute Gasteiger partial charge is 0.391 e. The average molecular weight is 186 g/mol. The summed E-state index contributed by atoms with van der Waals surface area (Å²) < 4.78 is 4.30. The summed E-state index contributed by atoms with van der Waals surface area (Å²) in [6.45, 7) is 1.15. The highest BCUT2D eigenvalue weighted by Crippen LogP contribution is 2.28. The Morgan fingerprint density at radius 3 is 2.38 bits per heavy atom. The maximum absolute atomic E-state index is 11.0. The van der Waals surface area contributed by atoms with Crippen LogP contribution >= 0.6 is 0 Å². The molecule has 0 amide bonds. The van der Waals surface area contributed by atoms with Crippen molar-refractivity contribution in [1.29, 1.82) is 0 Å². The van der Waals surface area contributed by atoms with Gasteiger partial charge < -0.3 is 9.84 Å². The first-order chi connectivity index (χ1) is 6.11. The molecule has 0 bridgehead atoms. The summed E-state index contributed by atoms with van der Waals surface area (Å²) in [5.41, 5.74) is 0. The standard InChI is InChI=1S/C9H14O4/c1-6(10)13-9(12)8(11)7-4-2-3-5-7/h7-8,11H,2-5H2,1H3/t8-/m1/s1. The second-order valence-corrected chi connectivity index (χ2v) is 3.40. The van der Waals surface area contributed by atoms with Gasteiger partial charge >= 0.3 is 11.9 Å². The van der Waals surface area contributed by atoms with Crippen molar-refractivity contribution in [1.82, 2.24) is 0 Å². The lowest BCUT2D eigenvalue weighted by atomic mass is 10.0. The Hall–Kier alpha value is -0.900. The summed E-state index contributed by atoms with van der Waals surface area (Å²) in [6.07, 6.45) is 2.64. The van der Waals surface area contributed by atoms with Crippen molar-refractivity contribution in [3.63, 3.8) is 0 Å². The molecule has 4 nitrogen and oxygen atoms in total. The number of hydrogen-bond acceptors (Lipinski definition) is 4. The summed E-state index contributed by atoms with van der Waals surface area (Å²) in [5.74, 6) is -1.49. The van der Waals surface area contributed by atoms with Crippen LogP contribution in [-0.2, 0) is 14.3 Å². The monoisotopic (exact) mass is 186 g/mol. The Morgan fingerprint density at radius 1 is 1.38 bits per heavy atom. The summed E-state index contributed by atoms with van der Waals surface area (Å²) in [5, 5.41) is 9.44. The van der Waals surface area contributed by atoms with Gasteiger partial charge in [0.25, 0.3) is 0 Å². The minimum Gasteiger partial charge on any atom is -0.391 e. The molecule has 1 atom stereocenters. The van der Waals surface area contributed by atoms with Gasteiger partial charge in [-0.1, -0.05) is 12.8 Å². The molecular formula is C9H14O4. The second-order valence-electron chi connectivity index (χ2n) is 3.40. The van der Waals surface area contributed by atoms with E-state index in [1.165, 1.54) is 0 Å². The van der Waals surface area contributed by atoms with Crippen LogP contribution in [0.5, 0.6) is 0 Å². The summed E-state index contributed by atoms with van der Waals surface area (Å²) in [6, 6.07) is 0. The van der Waals surface area contributed by atoms with Crippen LogP contribution < -0.4 is 0 Å². The predicted octanol–water partition coefficient (Wildman–Crippen LogP) is 0.627. The van der Waals surface area contributed by atoms with Crippen molar-refractivity contribution in [2.75, 3.05) is 0 Å². The van der Waals surface area contributed by atoms with Gasteiger partial charge in [-0.15, -0.1) is 0 Å². The van der Waals surface area contributed by atoms with E-state index in [0.717, 1.165) is 32.6 Å². The van der Waals surface area contributed by atoms with Gasteiger partial charge in [-0.3, -0.25) is 4.79 Å². The topological polar surface area (TPSA) is 63.6 Å². The molecule has 0 radical (unpaired) electrons. The molecule has 0 spiro atoms. The second kappa shape index (κ2) is 4.37. The van der Waals surface area contributed by atoms with Crippen molar-refractivity contribution in [3.8, 4) is 0 Å². The van der Waals surface area contributed by atoms with Gasteiger partial charge in [0.15, 0.2) is 6.10 Å². The highest BCUT2D eigenvalue weighted by Gasteiger charge is 2.30. The fourth-order valence-corrected chi connectivity index (χ4v) is 1.67. The molecule has 0 aliphatic heterocycles. The summed E-state index contributed by atoms with van der Waals surface area (Å²) >= 11 is 0. The van der Waals surface area contributed by atoms with Gasteiger partial charge in [-0.05, 0) is 18.8 Å². The van der Waals surface area contributed by atoms with Crippen LogP contribution in [0.15, 0.2) is 0 Å². The van der Waals surface area contributed by atoms with Gasteiger partial charge in [0.1, 0.15) is 0 Å². The molecule has 0 saturated heterocycles. The minimum absolute atomic E-state index is 0.0214. The summed E-state index contributed by atoms with van der Waals surface area (Å²) in [4.78, 5) is 21.5. The molecule has 0 heterocycles. The molecule has 1 rings (SSSR count). The predicted molar refractivity (Wildman–Crippen MR) is 44.7 cm³/mol. The van der Waals surface area contributed by atoms with Crippen LogP contribution in [0.4, 0.5) is 0 Å². The van der Waals surface area contributed by atoms with Crippen LogP contribution in [0.3, 0.4) is 0 Å². The fraction of sp³-hybridized carbons (Fsp3) is 0.778. The van der Waals surface area contributed by atoms with E-state index in [0.29, 0.717) is 0 Å². The quantitative estimate of drug-likeness (QED) is 0.507. The first-order valence-electron chi connectivity index (χ1n) is 4.51. The molecule has 1 saturated carbocycles. The molecule has 1 N–H and O–H groups in total. The fourth-order valence-electron chi connectivity index (χ4n) is 1.67. The summed E-state index contributed by atoms with van der Waals surface area (Å²) in [7, 11) is 0. The lowest BCUT2D eigenvalue weighted by Gasteiger charge is -2.14. The third-order valence-corrected chi connectivity index (χ3v) is 2.33. The van der Waals surface area contributed by atoms with Gasteiger partial charge in [-0.2, -0.15) is 0 Å². The van der Waals surface area contributed by atoms with Crippen molar-refractivity contribution in [3.05, 3.63) is 0 Å². The third-order valence-electron chi connectivity index (χ3n) is 2.33. The molecule has 0 unspecified atom stereocenters. The number of rotatable bonds is 2. The van der Waals surface area contributed by atoms with E-state index in [1.807, 2.05) is 0 Å². The lowest BCUT2D eigenvalue weighted by Crippen LogP contribution is -2.30. The molecule has 0 aromatic heterocycles. The SMILES string of the molecule is CC(=O)OC(=O)[C@H](O)C1CCCC1. The van der Waals surface area contributed by atoms with Gasteiger partial charge in [0.2, 0.25) is 0 Å². The highest BCUT2D eigenvalue weighted by atomic mass is 16.6. The molecule has 4 heteroatoms. The molecule has 13 heavy (non-hydrogen) atoms. The third kappa shape index (κ3) is 2.81. The number of aliphatic hydroxyl groups is 1. The van der Waals surface area contributed by atoms with Crippen molar-refractivity contribution < 1.29 is 19.4 Å². The van der Waals surface area contributed by atoms with E-state index >= 15 is 0 Å². The normalized spacial score (nSPS) is 19.8. The molecule has 1 aliphatic carbocycles. The lowest BCUT2D eigenvalue weighted by molar-refractivity contribution is -0.166. The van der Waals surface area contributed by atoms with E-state index in [2.05, 4.69) is 4.74 Å². The zero-order chi connectivity index (χ0) is 9.84. The van der Waals surface area contributed by atoms with Crippen molar-refractivity contribution in [2.24, 2.45) is 5.92 Å². The van der Waals surface area contributed by atoms with Crippen LogP contribution in [0, 0.1) is 5.92 Å². The van der Waals surface area contributed by atoms with Crippen LogP contribution in [0.2, 0.25) is 0 Å². The van der Waals surface area contributed by atoms with Crippen LogP contribution in [-0.4, -0.2) is 23.1 Å². The Morgan fingerprint density at radius 2 is 1.92 bits per heavy atom. The Balaban J connectivity index is 2.41. The van der Waals surface area contributed by atoms with Crippen LogP contribution in [0.1, 0.15) is 32.6 Å². The Bertz CT molecular complexity index is 206. The Labute approximate surface area is 76.9 Å². The molecule has 1 fully saturated rings. The average Bonchev–Trinajstić information content (AvgIpc) is 2.53. The number of carbonyl (C=O) groups is 2. The highest BCUT2D eigenvalue weighted by molar-refractivity contribution is 5.86. The number of aliphatic hydroxyl groups excluding tert-OH is 1. The van der Waals surface area contributed by atoms with Crippen LogP contribution in [0.25, 0.3) is 0 Å². The first kappa shape index (κ1) is 10.2. The van der Waals surface area contributed by atoms with E-state index in [1.54, 1.807) is 0 Å². The van der Waals surface area contributed by atoms with Gasteiger partial charge in [0, 0.05) is 6.92 Å². The number of hydrogen-bond donors (Lipinski definition) is 1. The van der Waals surface area contributed by atoms with Gasteiger partial charge in [0.05, 0.1) is 0 Å². The number of carbonyl (C=O) groups excluding carboxylic acids is 2. The van der Waals surface area contributed by atoms with E-state index < -0.39 is 18.0 Å². The zero-order valence-electron chi connectivity index (χ0n) is 7.66. The maximum Gasteiger partial charge on any atom is 0.342 e. The molecule has 0 aromatic rings. The molecule has 1 aliphatic rings. The van der Waals surface area contributed by atoms with Crippen molar-refractivity contribution >= 4 is 11.9 Å². The maximum atomic E-state index is 11.0. The van der Waals surface area contributed by atoms with E-state index in [4.69, 9.17) is 0 Å². The number of esters is 2. The molecule has 0 aromatic carbocycles. The zero-order valence-corrected chi connectivity index (χ0v) is 7.66. The van der Waals surface area contributed by atoms with E-state index in [9.17, 15) is 14.7 Å². The minimum atomic E-state index is -1.12. The van der Waals surface area contributed by atoms with Crippen molar-refractivity contribution in [2.45, 2.75) is 38.7 Å². The number of ether oxygens (including phenoxy) is 1. The van der Waals surface area contributed by atoms with E-state index in [-0.39, 0.29) is 5.92 Å². The van der Waals surface area contributed by atoms with Gasteiger partial charge in [-0.25, -0.2) is 4.79 Å². The smallest absolute Gasteiger partial charge is 0.342 e. The Kier molecular flexibility index (Phi) is 3.42.